The number of carbonyl (C=O) groups is 1. The molecule has 1 aliphatic carbocycles. The minimum absolute atomic E-state index is 0. The van der Waals surface area contributed by atoms with E-state index in [0.29, 0.717) is 12.1 Å². The van der Waals surface area contributed by atoms with Gasteiger partial charge in [0.1, 0.15) is 5.82 Å². The van der Waals surface area contributed by atoms with Gasteiger partial charge in [-0.15, -0.1) is 24.0 Å². The second-order valence-electron chi connectivity index (χ2n) is 7.79. The predicted molar refractivity (Wildman–Crippen MR) is 130 cm³/mol. The number of amides is 1. The van der Waals surface area contributed by atoms with Crippen LogP contribution < -0.4 is 10.6 Å². The molecule has 0 aliphatic heterocycles. The van der Waals surface area contributed by atoms with Gasteiger partial charge in [0.25, 0.3) is 5.91 Å². The van der Waals surface area contributed by atoms with Gasteiger partial charge < -0.3 is 15.5 Å². The molecule has 2 aromatic carbocycles. The first kappa shape index (κ1) is 24.1. The molecule has 1 aliphatic rings. The number of hydrogen-bond donors (Lipinski definition) is 2. The molecule has 1 amide bonds. The Morgan fingerprint density at radius 1 is 1.13 bits per heavy atom. The van der Waals surface area contributed by atoms with Crippen molar-refractivity contribution in [3.8, 4) is 0 Å². The highest BCUT2D eigenvalue weighted by atomic mass is 127. The maximum absolute atomic E-state index is 13.2. The number of hydrogen-bond acceptors (Lipinski definition) is 2. The van der Waals surface area contributed by atoms with Crippen LogP contribution in [0.2, 0.25) is 0 Å². The second kappa shape index (κ2) is 10.7. The largest absolute Gasteiger partial charge is 0.356 e. The van der Waals surface area contributed by atoms with Gasteiger partial charge in [0.2, 0.25) is 0 Å². The van der Waals surface area contributed by atoms with Gasteiger partial charge >= 0.3 is 0 Å². The van der Waals surface area contributed by atoms with Crippen LogP contribution in [0.1, 0.15) is 34.3 Å². The van der Waals surface area contributed by atoms with E-state index < -0.39 is 0 Å². The number of aliphatic imine (C=N–C) groups is 1. The van der Waals surface area contributed by atoms with Crippen molar-refractivity contribution in [3.05, 3.63) is 71.0 Å². The Kier molecular flexibility index (Phi) is 8.64. The third-order valence-electron chi connectivity index (χ3n) is 5.41. The van der Waals surface area contributed by atoms with Gasteiger partial charge in [0.05, 0.1) is 0 Å². The summed E-state index contributed by atoms with van der Waals surface area (Å²) < 4.78 is 13.2. The van der Waals surface area contributed by atoms with E-state index in [9.17, 15) is 9.18 Å². The number of rotatable bonds is 7. The fourth-order valence-electron chi connectivity index (χ4n) is 3.44. The van der Waals surface area contributed by atoms with Crippen LogP contribution in [-0.4, -0.2) is 51.0 Å². The average Bonchev–Trinajstić information content (AvgIpc) is 3.51. The Labute approximate surface area is 195 Å². The Balaban J connectivity index is 0.00000320. The van der Waals surface area contributed by atoms with E-state index in [2.05, 4.69) is 15.6 Å². The van der Waals surface area contributed by atoms with Crippen molar-refractivity contribution in [2.75, 3.05) is 34.2 Å². The molecule has 162 valence electrons. The lowest BCUT2D eigenvalue weighted by Gasteiger charge is -2.19. The monoisotopic (exact) mass is 524 g/mol. The molecule has 2 aromatic rings. The summed E-state index contributed by atoms with van der Waals surface area (Å²) >= 11 is 0. The third kappa shape index (κ3) is 6.17. The smallest absolute Gasteiger partial charge is 0.253 e. The van der Waals surface area contributed by atoms with Crippen LogP contribution in [0.25, 0.3) is 0 Å². The van der Waals surface area contributed by atoms with E-state index in [1.165, 1.54) is 17.7 Å². The van der Waals surface area contributed by atoms with Crippen LogP contribution in [0.15, 0.2) is 53.5 Å². The molecule has 3 rings (SSSR count). The van der Waals surface area contributed by atoms with Gasteiger partial charge in [-0.2, -0.15) is 0 Å². The van der Waals surface area contributed by atoms with Crippen molar-refractivity contribution >= 4 is 35.8 Å². The Hall–Kier alpha value is -2.16. The highest BCUT2D eigenvalue weighted by molar-refractivity contribution is 14.0. The molecular formula is C23H30FIN4O. The zero-order valence-corrected chi connectivity index (χ0v) is 20.1. The summed E-state index contributed by atoms with van der Waals surface area (Å²) in [5.41, 5.74) is 3.05. The summed E-state index contributed by atoms with van der Waals surface area (Å²) in [6, 6.07) is 14.5. The topological polar surface area (TPSA) is 56.7 Å². The fourth-order valence-corrected chi connectivity index (χ4v) is 3.44. The summed E-state index contributed by atoms with van der Waals surface area (Å²) in [5, 5.41) is 6.73. The zero-order chi connectivity index (χ0) is 20.9. The van der Waals surface area contributed by atoms with Crippen LogP contribution in [0, 0.1) is 5.82 Å². The Morgan fingerprint density at radius 2 is 1.83 bits per heavy atom. The normalized spacial score (nSPS) is 14.5. The summed E-state index contributed by atoms with van der Waals surface area (Å²) in [5.74, 6) is 0.554. The van der Waals surface area contributed by atoms with E-state index in [1.807, 2.05) is 36.4 Å². The van der Waals surface area contributed by atoms with Crippen LogP contribution in [0.3, 0.4) is 0 Å². The van der Waals surface area contributed by atoms with Gasteiger partial charge in [0, 0.05) is 45.2 Å². The summed E-state index contributed by atoms with van der Waals surface area (Å²) in [7, 11) is 5.26. The first-order valence-electron chi connectivity index (χ1n) is 9.95. The Bertz CT molecular complexity index is 879. The number of nitrogens with zero attached hydrogens (tertiary/aromatic N) is 2. The van der Waals surface area contributed by atoms with Gasteiger partial charge in [-0.25, -0.2) is 4.39 Å². The molecule has 0 aromatic heterocycles. The van der Waals surface area contributed by atoms with E-state index in [4.69, 9.17) is 0 Å². The van der Waals surface area contributed by atoms with E-state index in [1.54, 1.807) is 26.0 Å². The number of benzene rings is 2. The number of halogens is 2. The molecule has 0 spiro atoms. The molecule has 7 heteroatoms. The SMILES string of the molecule is CN=C(NCCc1cccc(C(=O)N(C)C)c1)NCC1(c2ccc(F)cc2)CC1.I. The van der Waals surface area contributed by atoms with Crippen molar-refractivity contribution in [2.45, 2.75) is 24.7 Å². The lowest BCUT2D eigenvalue weighted by molar-refractivity contribution is 0.0827. The van der Waals surface area contributed by atoms with Crippen molar-refractivity contribution in [1.29, 1.82) is 0 Å². The number of carbonyl (C=O) groups excluding carboxylic acids is 1. The molecule has 0 radical (unpaired) electrons. The van der Waals surface area contributed by atoms with E-state index in [0.717, 1.165) is 37.3 Å². The number of nitrogens with one attached hydrogen (secondary N) is 2. The van der Waals surface area contributed by atoms with Gasteiger partial charge in [0.15, 0.2) is 5.96 Å². The predicted octanol–water partition coefficient (Wildman–Crippen LogP) is 3.58. The molecule has 0 unspecified atom stereocenters. The second-order valence-corrected chi connectivity index (χ2v) is 7.79. The molecule has 0 bridgehead atoms. The molecule has 5 nitrogen and oxygen atoms in total. The van der Waals surface area contributed by atoms with E-state index >= 15 is 0 Å². The number of guanidine groups is 1. The van der Waals surface area contributed by atoms with Crippen LogP contribution in [0.4, 0.5) is 4.39 Å². The Morgan fingerprint density at radius 3 is 2.43 bits per heavy atom. The van der Waals surface area contributed by atoms with Crippen molar-refractivity contribution in [1.82, 2.24) is 15.5 Å². The summed E-state index contributed by atoms with van der Waals surface area (Å²) in [6.45, 7) is 1.48. The average molecular weight is 524 g/mol. The quantitative estimate of drug-likeness (QED) is 0.331. The maximum Gasteiger partial charge on any atom is 0.253 e. The van der Waals surface area contributed by atoms with Gasteiger partial charge in [-0.05, 0) is 54.7 Å². The highest BCUT2D eigenvalue weighted by Crippen LogP contribution is 2.47. The standard InChI is InChI=1S/C23H29FN4O.HI/c1-25-22(27-16-23(12-13-23)19-7-9-20(24)10-8-19)26-14-11-17-5-4-6-18(15-17)21(29)28(2)3;/h4-10,15H,11-14,16H2,1-3H3,(H2,25,26,27);1H. The molecule has 1 fully saturated rings. The molecule has 1 saturated carbocycles. The van der Waals surface area contributed by atoms with Crippen LogP contribution in [0.5, 0.6) is 0 Å². The third-order valence-corrected chi connectivity index (χ3v) is 5.41. The first-order chi connectivity index (χ1) is 13.9. The molecule has 0 atom stereocenters. The molecule has 0 heterocycles. The highest BCUT2D eigenvalue weighted by Gasteiger charge is 2.44. The van der Waals surface area contributed by atoms with Crippen molar-refractivity contribution in [3.63, 3.8) is 0 Å². The van der Waals surface area contributed by atoms with Gasteiger partial charge in [-0.3, -0.25) is 9.79 Å². The van der Waals surface area contributed by atoms with Crippen LogP contribution >= 0.6 is 24.0 Å². The van der Waals surface area contributed by atoms with Crippen molar-refractivity contribution in [2.24, 2.45) is 4.99 Å². The molecular weight excluding hydrogens is 494 g/mol. The first-order valence-corrected chi connectivity index (χ1v) is 9.95. The zero-order valence-electron chi connectivity index (χ0n) is 17.7. The van der Waals surface area contributed by atoms with Crippen LogP contribution in [-0.2, 0) is 11.8 Å². The minimum Gasteiger partial charge on any atom is -0.356 e. The molecule has 0 saturated heterocycles. The van der Waals surface area contributed by atoms with Crippen molar-refractivity contribution < 1.29 is 9.18 Å². The minimum atomic E-state index is -0.202. The van der Waals surface area contributed by atoms with Gasteiger partial charge in [-0.1, -0.05) is 24.3 Å². The molecule has 2 N–H and O–H groups in total. The lowest BCUT2D eigenvalue weighted by atomic mass is 9.96. The maximum atomic E-state index is 13.2. The fraction of sp³-hybridized carbons (Fsp3) is 0.391. The lowest BCUT2D eigenvalue weighted by Crippen LogP contribution is -2.42. The summed E-state index contributed by atoms with van der Waals surface area (Å²) in [6.07, 6.45) is 2.98. The summed E-state index contributed by atoms with van der Waals surface area (Å²) in [4.78, 5) is 18.0. The molecule has 30 heavy (non-hydrogen) atoms. The van der Waals surface area contributed by atoms with E-state index in [-0.39, 0.29) is 41.1 Å².